The zero-order valence-corrected chi connectivity index (χ0v) is 27.4. The lowest BCUT2D eigenvalue weighted by molar-refractivity contribution is 1.04. The van der Waals surface area contributed by atoms with Crippen LogP contribution in [0.3, 0.4) is 0 Å². The maximum atomic E-state index is 4.54. The van der Waals surface area contributed by atoms with Crippen LogP contribution in [-0.4, -0.2) is 4.98 Å². The van der Waals surface area contributed by atoms with Gasteiger partial charge in [-0.15, -0.1) is 0 Å². The van der Waals surface area contributed by atoms with Crippen molar-refractivity contribution < 1.29 is 0 Å². The van der Waals surface area contributed by atoms with Gasteiger partial charge in [-0.3, -0.25) is 4.98 Å². The van der Waals surface area contributed by atoms with E-state index in [1.165, 1.54) is 61.2 Å². The number of nitrogens with zero attached hydrogens (tertiary/aromatic N) is 1. The zero-order valence-electron chi connectivity index (χ0n) is 27.4. The molecule has 0 radical (unpaired) electrons. The number of allylic oxidation sites excluding steroid dienone is 4. The van der Waals surface area contributed by atoms with Gasteiger partial charge in [0.05, 0.1) is 5.69 Å². The van der Waals surface area contributed by atoms with Gasteiger partial charge in [-0.1, -0.05) is 144 Å². The highest BCUT2D eigenvalue weighted by atomic mass is 14.7. The Kier molecular flexibility index (Phi) is 11.3. The van der Waals surface area contributed by atoms with Crippen molar-refractivity contribution in [3.63, 3.8) is 0 Å². The van der Waals surface area contributed by atoms with Crippen LogP contribution in [0, 0.1) is 27.7 Å². The van der Waals surface area contributed by atoms with Crippen molar-refractivity contribution in [3.8, 4) is 33.5 Å². The topological polar surface area (TPSA) is 12.9 Å². The van der Waals surface area contributed by atoms with Crippen LogP contribution >= 0.6 is 0 Å². The molecule has 1 aromatic heterocycles. The quantitative estimate of drug-likeness (QED) is 0.197. The molecule has 0 amide bonds. The first-order valence-electron chi connectivity index (χ1n) is 16.1. The van der Waals surface area contributed by atoms with Gasteiger partial charge in [-0.25, -0.2) is 0 Å². The molecule has 46 heavy (non-hydrogen) atoms. The Morgan fingerprint density at radius 2 is 0.935 bits per heavy atom. The third-order valence-electron chi connectivity index (χ3n) is 7.84. The SMILES string of the molecule is Cc1cc(-c2ccccc2)cc(-c2ccccc2)c1.Cc1cc(C)cc(-c2cc(C3=CCCC=C3)ccn2)c1.Cc1ccccc1. The summed E-state index contributed by atoms with van der Waals surface area (Å²) >= 11 is 0. The van der Waals surface area contributed by atoms with Gasteiger partial charge in [0.1, 0.15) is 0 Å². The fourth-order valence-corrected chi connectivity index (χ4v) is 5.63. The summed E-state index contributed by atoms with van der Waals surface area (Å²) in [4.78, 5) is 4.54. The van der Waals surface area contributed by atoms with Crippen LogP contribution in [0.2, 0.25) is 0 Å². The lowest BCUT2D eigenvalue weighted by Gasteiger charge is -2.10. The number of aryl methyl sites for hydroxylation is 4. The molecular formula is C45H43N. The first kappa shape index (κ1) is 32.1. The number of hydrogen-bond donors (Lipinski definition) is 0. The molecule has 1 heteroatoms. The summed E-state index contributed by atoms with van der Waals surface area (Å²) in [6, 6.07) is 48.9. The maximum absolute atomic E-state index is 4.54. The minimum Gasteiger partial charge on any atom is -0.256 e. The number of rotatable bonds is 4. The minimum atomic E-state index is 1.05. The normalized spacial score (nSPS) is 11.8. The molecule has 0 atom stereocenters. The first-order chi connectivity index (χ1) is 22.4. The first-order valence-corrected chi connectivity index (χ1v) is 16.1. The lowest BCUT2D eigenvalue weighted by Crippen LogP contribution is -1.90. The number of benzene rings is 5. The molecule has 0 unspecified atom stereocenters. The van der Waals surface area contributed by atoms with E-state index < -0.39 is 0 Å². The standard InChI is InChI=1S/C19H19N.C19H16.C7H8/c1-14-10-15(2)12-18(11-14)19-13-17(8-9-20-19)16-6-4-3-5-7-16;1-15-12-18(16-8-4-2-5-9-16)14-19(13-15)17-10-6-3-7-11-17;1-7-5-3-2-4-6-7/h4,6-13H,3,5H2,1-2H3;2-14H,1H3;2-6H,1H3. The lowest BCUT2D eigenvalue weighted by atomic mass is 9.97. The van der Waals surface area contributed by atoms with Crippen molar-refractivity contribution in [2.45, 2.75) is 40.5 Å². The highest BCUT2D eigenvalue weighted by Crippen LogP contribution is 2.28. The molecule has 1 nitrogen and oxygen atoms in total. The molecule has 228 valence electrons. The van der Waals surface area contributed by atoms with Gasteiger partial charge in [-0.05, 0) is 110 Å². The van der Waals surface area contributed by atoms with Crippen LogP contribution in [0.4, 0.5) is 0 Å². The minimum absolute atomic E-state index is 1.05. The molecule has 0 bridgehead atoms. The van der Waals surface area contributed by atoms with E-state index in [1.807, 2.05) is 24.4 Å². The monoisotopic (exact) mass is 597 g/mol. The van der Waals surface area contributed by atoms with E-state index >= 15 is 0 Å². The molecule has 0 saturated carbocycles. The molecule has 1 aliphatic carbocycles. The molecule has 0 saturated heterocycles. The van der Waals surface area contributed by atoms with Crippen molar-refractivity contribution in [1.82, 2.24) is 4.98 Å². The summed E-state index contributed by atoms with van der Waals surface area (Å²) in [6.07, 6.45) is 11.0. The molecule has 1 aliphatic rings. The third-order valence-corrected chi connectivity index (χ3v) is 7.84. The number of aromatic nitrogens is 1. The highest BCUT2D eigenvalue weighted by Gasteiger charge is 2.06. The Morgan fingerprint density at radius 1 is 0.413 bits per heavy atom. The van der Waals surface area contributed by atoms with Gasteiger partial charge in [0.25, 0.3) is 0 Å². The van der Waals surface area contributed by atoms with E-state index in [0.29, 0.717) is 0 Å². The Labute approximate surface area is 275 Å². The average Bonchev–Trinajstić information content (AvgIpc) is 3.10. The van der Waals surface area contributed by atoms with Crippen molar-refractivity contribution in [2.75, 3.05) is 0 Å². The molecule has 7 rings (SSSR count). The van der Waals surface area contributed by atoms with Crippen LogP contribution in [0.1, 0.15) is 40.7 Å². The molecular weight excluding hydrogens is 555 g/mol. The van der Waals surface area contributed by atoms with Gasteiger partial charge < -0.3 is 0 Å². The summed E-state index contributed by atoms with van der Waals surface area (Å²) in [5.74, 6) is 0. The van der Waals surface area contributed by atoms with E-state index in [1.54, 1.807) is 0 Å². The molecule has 1 heterocycles. The van der Waals surface area contributed by atoms with Crippen molar-refractivity contribution in [3.05, 3.63) is 192 Å². The second-order valence-corrected chi connectivity index (χ2v) is 11.9. The fourth-order valence-electron chi connectivity index (χ4n) is 5.63. The van der Waals surface area contributed by atoms with Crippen LogP contribution < -0.4 is 0 Å². The molecule has 0 spiro atoms. The Hall–Kier alpha value is -5.27. The van der Waals surface area contributed by atoms with Crippen LogP contribution in [0.5, 0.6) is 0 Å². The summed E-state index contributed by atoms with van der Waals surface area (Å²) in [5.41, 5.74) is 15.1. The molecule has 0 fully saturated rings. The van der Waals surface area contributed by atoms with Gasteiger partial charge in [0.15, 0.2) is 0 Å². The van der Waals surface area contributed by atoms with E-state index in [9.17, 15) is 0 Å². The summed E-state index contributed by atoms with van der Waals surface area (Å²) < 4.78 is 0. The summed E-state index contributed by atoms with van der Waals surface area (Å²) in [5, 5.41) is 0. The summed E-state index contributed by atoms with van der Waals surface area (Å²) in [7, 11) is 0. The van der Waals surface area contributed by atoms with E-state index in [2.05, 4.69) is 172 Å². The highest BCUT2D eigenvalue weighted by molar-refractivity contribution is 5.77. The molecule has 0 N–H and O–H groups in total. The smallest absolute Gasteiger partial charge is 0.0708 e. The van der Waals surface area contributed by atoms with Gasteiger partial charge in [0.2, 0.25) is 0 Å². The van der Waals surface area contributed by atoms with E-state index in [-0.39, 0.29) is 0 Å². The number of hydrogen-bond acceptors (Lipinski definition) is 1. The van der Waals surface area contributed by atoms with Gasteiger partial charge in [0, 0.05) is 11.8 Å². The Bertz CT molecular complexity index is 1820. The number of pyridine rings is 1. The predicted octanol–water partition coefficient (Wildman–Crippen LogP) is 12.4. The zero-order chi connectivity index (χ0) is 32.1. The van der Waals surface area contributed by atoms with Crippen LogP contribution in [-0.2, 0) is 0 Å². The summed E-state index contributed by atoms with van der Waals surface area (Å²) in [6.45, 7) is 8.50. The second-order valence-electron chi connectivity index (χ2n) is 11.9. The largest absolute Gasteiger partial charge is 0.256 e. The Morgan fingerprint density at radius 3 is 1.43 bits per heavy atom. The van der Waals surface area contributed by atoms with Gasteiger partial charge in [-0.2, -0.15) is 0 Å². The van der Waals surface area contributed by atoms with Crippen molar-refractivity contribution >= 4 is 5.57 Å². The van der Waals surface area contributed by atoms with E-state index in [0.717, 1.165) is 18.5 Å². The molecule has 6 aromatic rings. The third kappa shape index (κ3) is 9.36. The molecule has 0 aliphatic heterocycles. The second kappa shape index (κ2) is 16.2. The van der Waals surface area contributed by atoms with Gasteiger partial charge >= 0.3 is 0 Å². The van der Waals surface area contributed by atoms with Crippen molar-refractivity contribution in [1.29, 1.82) is 0 Å². The van der Waals surface area contributed by atoms with E-state index in [4.69, 9.17) is 0 Å². The van der Waals surface area contributed by atoms with Crippen LogP contribution in [0.15, 0.2) is 164 Å². The maximum Gasteiger partial charge on any atom is 0.0708 e. The fraction of sp³-hybridized carbons (Fsp3) is 0.133. The van der Waals surface area contributed by atoms with Crippen LogP contribution in [0.25, 0.3) is 39.1 Å². The predicted molar refractivity (Wildman–Crippen MR) is 199 cm³/mol. The van der Waals surface area contributed by atoms with Crippen molar-refractivity contribution in [2.24, 2.45) is 0 Å². The Balaban J connectivity index is 0.000000150. The molecule has 5 aromatic carbocycles. The average molecular weight is 598 g/mol.